The molecule has 0 spiro atoms. The van der Waals surface area contributed by atoms with Crippen molar-refractivity contribution in [1.29, 1.82) is 0 Å². The van der Waals surface area contributed by atoms with Gasteiger partial charge in [0.1, 0.15) is 11.9 Å². The predicted octanol–water partition coefficient (Wildman–Crippen LogP) is 2.71. The second-order valence-electron chi connectivity index (χ2n) is 4.22. The maximum absolute atomic E-state index is 12.1. The third-order valence-corrected chi connectivity index (χ3v) is 2.69. The summed E-state index contributed by atoms with van der Waals surface area (Å²) < 4.78 is 15.8. The van der Waals surface area contributed by atoms with Gasteiger partial charge in [-0.05, 0) is 37.6 Å². The predicted molar refractivity (Wildman–Crippen MR) is 73.8 cm³/mol. The van der Waals surface area contributed by atoms with Crippen LogP contribution >= 0.6 is 0 Å². The Labute approximate surface area is 114 Å². The first-order valence-corrected chi connectivity index (χ1v) is 6.56. The SMILES string of the molecule is CCCOCCOC(C)C(=O)c1ccc(OC)cc1. The Balaban J connectivity index is 2.38. The molecule has 0 bridgehead atoms. The minimum atomic E-state index is -0.460. The van der Waals surface area contributed by atoms with Crippen molar-refractivity contribution in [1.82, 2.24) is 0 Å². The van der Waals surface area contributed by atoms with Crippen molar-refractivity contribution in [2.24, 2.45) is 0 Å². The summed E-state index contributed by atoms with van der Waals surface area (Å²) in [5.41, 5.74) is 0.628. The molecule has 19 heavy (non-hydrogen) atoms. The lowest BCUT2D eigenvalue weighted by molar-refractivity contribution is 0.0150. The molecule has 0 radical (unpaired) electrons. The van der Waals surface area contributed by atoms with E-state index in [-0.39, 0.29) is 5.78 Å². The van der Waals surface area contributed by atoms with Crippen LogP contribution in [0.25, 0.3) is 0 Å². The number of hydrogen-bond acceptors (Lipinski definition) is 4. The van der Waals surface area contributed by atoms with Gasteiger partial charge >= 0.3 is 0 Å². The molecule has 0 saturated heterocycles. The molecule has 0 aromatic heterocycles. The Hall–Kier alpha value is -1.39. The topological polar surface area (TPSA) is 44.8 Å². The third kappa shape index (κ3) is 5.41. The molecule has 106 valence electrons. The fourth-order valence-corrected chi connectivity index (χ4v) is 1.60. The van der Waals surface area contributed by atoms with Crippen molar-refractivity contribution in [3.8, 4) is 5.75 Å². The van der Waals surface area contributed by atoms with Crippen molar-refractivity contribution >= 4 is 5.78 Å². The lowest BCUT2D eigenvalue weighted by Crippen LogP contribution is -2.23. The average molecular weight is 266 g/mol. The monoisotopic (exact) mass is 266 g/mol. The van der Waals surface area contributed by atoms with E-state index in [1.54, 1.807) is 38.3 Å². The van der Waals surface area contributed by atoms with Gasteiger partial charge in [0.05, 0.1) is 20.3 Å². The van der Waals surface area contributed by atoms with Gasteiger partial charge in [0.25, 0.3) is 0 Å². The zero-order valence-corrected chi connectivity index (χ0v) is 11.8. The van der Waals surface area contributed by atoms with E-state index in [0.717, 1.165) is 18.8 Å². The standard InChI is InChI=1S/C15H22O4/c1-4-9-18-10-11-19-12(2)15(16)13-5-7-14(17-3)8-6-13/h5-8,12H,4,9-11H2,1-3H3. The Kier molecular flexibility index (Phi) is 7.15. The molecule has 1 atom stereocenters. The Morgan fingerprint density at radius 3 is 2.42 bits per heavy atom. The van der Waals surface area contributed by atoms with Crippen LogP contribution in [0, 0.1) is 0 Å². The molecule has 1 aromatic carbocycles. The van der Waals surface area contributed by atoms with Crippen molar-refractivity contribution in [2.45, 2.75) is 26.4 Å². The summed E-state index contributed by atoms with van der Waals surface area (Å²) in [7, 11) is 1.60. The Morgan fingerprint density at radius 1 is 1.16 bits per heavy atom. The van der Waals surface area contributed by atoms with Crippen molar-refractivity contribution in [3.05, 3.63) is 29.8 Å². The van der Waals surface area contributed by atoms with Crippen LogP contribution in [-0.4, -0.2) is 38.8 Å². The maximum atomic E-state index is 12.1. The highest BCUT2D eigenvalue weighted by Gasteiger charge is 2.15. The quantitative estimate of drug-likeness (QED) is 0.509. The lowest BCUT2D eigenvalue weighted by Gasteiger charge is -2.12. The molecule has 0 amide bonds. The van der Waals surface area contributed by atoms with E-state index in [2.05, 4.69) is 6.92 Å². The van der Waals surface area contributed by atoms with Gasteiger partial charge in [-0.3, -0.25) is 4.79 Å². The van der Waals surface area contributed by atoms with Crippen LogP contribution in [0.2, 0.25) is 0 Å². The second kappa shape index (κ2) is 8.67. The fraction of sp³-hybridized carbons (Fsp3) is 0.533. The summed E-state index contributed by atoms with van der Waals surface area (Å²) in [5.74, 6) is 0.705. The number of ether oxygens (including phenoxy) is 3. The third-order valence-electron chi connectivity index (χ3n) is 2.69. The smallest absolute Gasteiger partial charge is 0.191 e. The normalized spacial score (nSPS) is 12.2. The Bertz CT molecular complexity index is 372. The lowest BCUT2D eigenvalue weighted by atomic mass is 10.1. The Morgan fingerprint density at radius 2 is 1.84 bits per heavy atom. The average Bonchev–Trinajstić information content (AvgIpc) is 2.46. The summed E-state index contributed by atoms with van der Waals surface area (Å²) in [6.07, 6.45) is 0.527. The van der Waals surface area contributed by atoms with Crippen LogP contribution in [0.5, 0.6) is 5.75 Å². The molecule has 4 nitrogen and oxygen atoms in total. The number of methoxy groups -OCH3 is 1. The van der Waals surface area contributed by atoms with E-state index < -0.39 is 6.10 Å². The summed E-state index contributed by atoms with van der Waals surface area (Å²) in [5, 5.41) is 0. The fourth-order valence-electron chi connectivity index (χ4n) is 1.60. The number of benzene rings is 1. The van der Waals surface area contributed by atoms with Crippen LogP contribution < -0.4 is 4.74 Å². The summed E-state index contributed by atoms with van der Waals surface area (Å²) in [6, 6.07) is 7.03. The molecule has 0 aliphatic heterocycles. The van der Waals surface area contributed by atoms with Crippen LogP contribution in [0.15, 0.2) is 24.3 Å². The van der Waals surface area contributed by atoms with Crippen LogP contribution in [0.4, 0.5) is 0 Å². The first-order valence-electron chi connectivity index (χ1n) is 6.56. The first kappa shape index (κ1) is 15.7. The van der Waals surface area contributed by atoms with E-state index in [9.17, 15) is 4.79 Å². The highest BCUT2D eigenvalue weighted by Crippen LogP contribution is 2.13. The van der Waals surface area contributed by atoms with Crippen molar-refractivity contribution < 1.29 is 19.0 Å². The number of rotatable bonds is 9. The van der Waals surface area contributed by atoms with E-state index in [1.807, 2.05) is 0 Å². The minimum Gasteiger partial charge on any atom is -0.497 e. The van der Waals surface area contributed by atoms with Crippen molar-refractivity contribution in [3.63, 3.8) is 0 Å². The molecular formula is C15H22O4. The van der Waals surface area contributed by atoms with Crippen molar-refractivity contribution in [2.75, 3.05) is 26.9 Å². The molecule has 0 heterocycles. The minimum absolute atomic E-state index is 0.0295. The zero-order chi connectivity index (χ0) is 14.1. The number of carbonyl (C=O) groups excluding carboxylic acids is 1. The van der Waals surface area contributed by atoms with Crippen LogP contribution in [-0.2, 0) is 9.47 Å². The molecule has 0 aliphatic carbocycles. The van der Waals surface area contributed by atoms with E-state index in [4.69, 9.17) is 14.2 Å². The zero-order valence-electron chi connectivity index (χ0n) is 11.8. The molecular weight excluding hydrogens is 244 g/mol. The van der Waals surface area contributed by atoms with Gasteiger partial charge in [-0.25, -0.2) is 0 Å². The molecule has 0 aliphatic rings. The second-order valence-corrected chi connectivity index (χ2v) is 4.22. The highest BCUT2D eigenvalue weighted by atomic mass is 16.5. The molecule has 1 unspecified atom stereocenters. The molecule has 1 rings (SSSR count). The number of Topliss-reactive ketones (excluding diaryl/α,β-unsaturated/α-hetero) is 1. The maximum Gasteiger partial charge on any atom is 0.191 e. The number of hydrogen-bond donors (Lipinski definition) is 0. The molecule has 4 heteroatoms. The van der Waals surface area contributed by atoms with Crippen LogP contribution in [0.1, 0.15) is 30.6 Å². The molecule has 0 fully saturated rings. The molecule has 1 aromatic rings. The number of ketones is 1. The molecule has 0 saturated carbocycles. The summed E-state index contributed by atoms with van der Waals surface area (Å²) in [6.45, 7) is 5.49. The van der Waals surface area contributed by atoms with Gasteiger partial charge in [0.2, 0.25) is 0 Å². The van der Waals surface area contributed by atoms with Gasteiger partial charge in [0, 0.05) is 12.2 Å². The summed E-state index contributed by atoms with van der Waals surface area (Å²) >= 11 is 0. The summed E-state index contributed by atoms with van der Waals surface area (Å²) in [4.78, 5) is 12.1. The van der Waals surface area contributed by atoms with E-state index in [0.29, 0.717) is 18.8 Å². The highest BCUT2D eigenvalue weighted by molar-refractivity contribution is 5.99. The van der Waals surface area contributed by atoms with Gasteiger partial charge in [-0.15, -0.1) is 0 Å². The first-order chi connectivity index (χ1) is 9.19. The van der Waals surface area contributed by atoms with E-state index in [1.165, 1.54) is 0 Å². The van der Waals surface area contributed by atoms with Gasteiger partial charge in [0.15, 0.2) is 5.78 Å². The van der Waals surface area contributed by atoms with E-state index >= 15 is 0 Å². The van der Waals surface area contributed by atoms with Gasteiger partial charge < -0.3 is 14.2 Å². The molecule has 0 N–H and O–H groups in total. The van der Waals surface area contributed by atoms with Gasteiger partial charge in [-0.1, -0.05) is 6.92 Å². The number of carbonyl (C=O) groups is 1. The largest absolute Gasteiger partial charge is 0.497 e. The van der Waals surface area contributed by atoms with Gasteiger partial charge in [-0.2, -0.15) is 0 Å². The van der Waals surface area contributed by atoms with Crippen LogP contribution in [0.3, 0.4) is 0 Å².